The summed E-state index contributed by atoms with van der Waals surface area (Å²) in [7, 11) is 0. The van der Waals surface area contributed by atoms with Crippen molar-refractivity contribution in [1.29, 1.82) is 0 Å². The Morgan fingerprint density at radius 2 is 1.80 bits per heavy atom. The number of carbonyl (C=O) groups is 1. The van der Waals surface area contributed by atoms with Crippen LogP contribution in [0.1, 0.15) is 55.0 Å². The van der Waals surface area contributed by atoms with E-state index in [1.807, 2.05) is 37.3 Å². The fourth-order valence-corrected chi connectivity index (χ4v) is 4.78. The van der Waals surface area contributed by atoms with Crippen molar-refractivity contribution in [3.63, 3.8) is 0 Å². The van der Waals surface area contributed by atoms with Crippen molar-refractivity contribution >= 4 is 23.4 Å². The predicted octanol–water partition coefficient (Wildman–Crippen LogP) is 5.66. The average molecular weight is 421 g/mol. The second-order valence-electron chi connectivity index (χ2n) is 7.93. The van der Waals surface area contributed by atoms with Crippen LogP contribution in [0.5, 0.6) is 0 Å². The van der Waals surface area contributed by atoms with Gasteiger partial charge < -0.3 is 5.32 Å². The van der Waals surface area contributed by atoms with E-state index in [9.17, 15) is 4.79 Å². The molecular weight excluding hydrogens is 392 g/mol. The topological polar surface area (TPSA) is 59.8 Å². The largest absolute Gasteiger partial charge is 0.325 e. The SMILES string of the molecule is Cc1cccc(NC(=O)CSc2nnc(C3CCCCC3)n2-c2ccccc2)c1C. The maximum absolute atomic E-state index is 12.6. The first-order valence-electron chi connectivity index (χ1n) is 10.6. The number of hydrogen-bond acceptors (Lipinski definition) is 4. The van der Waals surface area contributed by atoms with E-state index >= 15 is 0 Å². The molecule has 0 aliphatic heterocycles. The fraction of sp³-hybridized carbons (Fsp3) is 0.375. The number of carbonyl (C=O) groups excluding carboxylic acids is 1. The number of nitrogens with one attached hydrogen (secondary N) is 1. The molecule has 1 aliphatic rings. The molecule has 156 valence electrons. The molecule has 1 fully saturated rings. The van der Waals surface area contributed by atoms with Crippen molar-refractivity contribution in [3.05, 3.63) is 65.5 Å². The van der Waals surface area contributed by atoms with E-state index in [2.05, 4.69) is 45.2 Å². The molecule has 0 unspecified atom stereocenters. The number of rotatable bonds is 6. The number of para-hydroxylation sites is 1. The Hall–Kier alpha value is -2.60. The lowest BCUT2D eigenvalue weighted by Gasteiger charge is -2.22. The van der Waals surface area contributed by atoms with E-state index < -0.39 is 0 Å². The highest BCUT2D eigenvalue weighted by Gasteiger charge is 2.24. The number of amides is 1. The third-order valence-corrected chi connectivity index (χ3v) is 6.78. The summed E-state index contributed by atoms with van der Waals surface area (Å²) < 4.78 is 2.14. The summed E-state index contributed by atoms with van der Waals surface area (Å²) in [4.78, 5) is 12.6. The third kappa shape index (κ3) is 4.59. The van der Waals surface area contributed by atoms with Crippen LogP contribution in [0, 0.1) is 13.8 Å². The quantitative estimate of drug-likeness (QED) is 0.523. The molecular formula is C24H28N4OS. The molecule has 0 radical (unpaired) electrons. The van der Waals surface area contributed by atoms with Gasteiger partial charge in [-0.15, -0.1) is 10.2 Å². The number of hydrogen-bond donors (Lipinski definition) is 1. The van der Waals surface area contributed by atoms with Crippen LogP contribution >= 0.6 is 11.8 Å². The van der Waals surface area contributed by atoms with Gasteiger partial charge in [0.15, 0.2) is 5.16 Å². The fourth-order valence-electron chi connectivity index (χ4n) is 4.02. The molecule has 1 aromatic heterocycles. The summed E-state index contributed by atoms with van der Waals surface area (Å²) in [5, 5.41) is 12.8. The lowest BCUT2D eigenvalue weighted by atomic mass is 9.88. The normalized spacial score (nSPS) is 14.6. The maximum atomic E-state index is 12.6. The molecule has 0 saturated heterocycles. The van der Waals surface area contributed by atoms with Gasteiger partial charge in [-0.2, -0.15) is 0 Å². The summed E-state index contributed by atoms with van der Waals surface area (Å²) in [5.41, 5.74) is 4.19. The van der Waals surface area contributed by atoms with Crippen LogP contribution in [-0.4, -0.2) is 26.4 Å². The third-order valence-electron chi connectivity index (χ3n) is 5.85. The van der Waals surface area contributed by atoms with E-state index in [1.54, 1.807) is 0 Å². The van der Waals surface area contributed by atoms with Crippen molar-refractivity contribution < 1.29 is 4.79 Å². The summed E-state index contributed by atoms with van der Waals surface area (Å²) in [5.74, 6) is 1.72. The molecule has 2 aromatic carbocycles. The molecule has 0 bridgehead atoms. The van der Waals surface area contributed by atoms with E-state index in [-0.39, 0.29) is 5.91 Å². The Morgan fingerprint density at radius 3 is 2.57 bits per heavy atom. The number of benzene rings is 2. The number of nitrogens with zero attached hydrogens (tertiary/aromatic N) is 3. The molecule has 5 nitrogen and oxygen atoms in total. The Morgan fingerprint density at radius 1 is 1.03 bits per heavy atom. The summed E-state index contributed by atoms with van der Waals surface area (Å²) in [6, 6.07) is 16.2. The predicted molar refractivity (Wildman–Crippen MR) is 122 cm³/mol. The van der Waals surface area contributed by atoms with Crippen molar-refractivity contribution in [2.24, 2.45) is 0 Å². The molecule has 1 heterocycles. The zero-order chi connectivity index (χ0) is 20.9. The molecule has 1 amide bonds. The van der Waals surface area contributed by atoms with E-state index in [4.69, 9.17) is 0 Å². The molecule has 1 saturated carbocycles. The highest BCUT2D eigenvalue weighted by molar-refractivity contribution is 7.99. The maximum Gasteiger partial charge on any atom is 0.234 e. The lowest BCUT2D eigenvalue weighted by Crippen LogP contribution is -2.16. The highest BCUT2D eigenvalue weighted by atomic mass is 32.2. The van der Waals surface area contributed by atoms with Crippen LogP contribution in [0.25, 0.3) is 5.69 Å². The molecule has 6 heteroatoms. The monoisotopic (exact) mass is 420 g/mol. The lowest BCUT2D eigenvalue weighted by molar-refractivity contribution is -0.113. The van der Waals surface area contributed by atoms with Crippen LogP contribution in [0.2, 0.25) is 0 Å². The Bertz CT molecular complexity index is 1010. The Balaban J connectivity index is 1.53. The number of anilines is 1. The second-order valence-corrected chi connectivity index (χ2v) is 8.87. The Kier molecular flexibility index (Phi) is 6.53. The van der Waals surface area contributed by atoms with Crippen molar-refractivity contribution in [3.8, 4) is 5.69 Å². The molecule has 3 aromatic rings. The van der Waals surface area contributed by atoms with Gasteiger partial charge in [0.25, 0.3) is 0 Å². The van der Waals surface area contributed by atoms with Gasteiger partial charge in [-0.3, -0.25) is 9.36 Å². The summed E-state index contributed by atoms with van der Waals surface area (Å²) >= 11 is 1.44. The molecule has 0 atom stereocenters. The van der Waals surface area contributed by atoms with Crippen LogP contribution < -0.4 is 5.32 Å². The van der Waals surface area contributed by atoms with Crippen molar-refractivity contribution in [2.75, 3.05) is 11.1 Å². The molecule has 1 aliphatic carbocycles. The van der Waals surface area contributed by atoms with Gasteiger partial charge in [0.2, 0.25) is 5.91 Å². The summed E-state index contributed by atoms with van der Waals surface area (Å²) in [6.07, 6.45) is 6.10. The highest BCUT2D eigenvalue weighted by Crippen LogP contribution is 2.34. The number of aryl methyl sites for hydroxylation is 1. The number of thioether (sulfide) groups is 1. The van der Waals surface area contributed by atoms with Crippen LogP contribution in [0.4, 0.5) is 5.69 Å². The molecule has 4 rings (SSSR count). The first-order chi connectivity index (χ1) is 14.6. The molecule has 1 N–H and O–H groups in total. The zero-order valence-corrected chi connectivity index (χ0v) is 18.4. The van der Waals surface area contributed by atoms with Crippen molar-refractivity contribution in [2.45, 2.75) is 57.0 Å². The zero-order valence-electron chi connectivity index (χ0n) is 17.6. The minimum Gasteiger partial charge on any atom is -0.325 e. The van der Waals surface area contributed by atoms with Crippen molar-refractivity contribution in [1.82, 2.24) is 14.8 Å². The standard InChI is InChI=1S/C24H28N4OS/c1-17-10-9-15-21(18(17)2)25-22(29)16-30-24-27-26-23(19-11-5-3-6-12-19)28(24)20-13-7-4-8-14-20/h4,7-10,13-15,19H,3,5-6,11-12,16H2,1-2H3,(H,25,29). The van der Waals surface area contributed by atoms with Gasteiger partial charge in [-0.1, -0.05) is 61.4 Å². The molecule has 0 spiro atoms. The molecule has 30 heavy (non-hydrogen) atoms. The van der Waals surface area contributed by atoms with Gasteiger partial charge >= 0.3 is 0 Å². The smallest absolute Gasteiger partial charge is 0.234 e. The first kappa shape index (κ1) is 20.7. The minimum atomic E-state index is -0.0319. The average Bonchev–Trinajstić information content (AvgIpc) is 3.21. The van der Waals surface area contributed by atoms with Gasteiger partial charge in [-0.25, -0.2) is 0 Å². The summed E-state index contributed by atoms with van der Waals surface area (Å²) in [6.45, 7) is 4.08. The van der Waals surface area contributed by atoms with E-state index in [0.29, 0.717) is 11.7 Å². The number of aromatic nitrogens is 3. The Labute approximate surface area is 182 Å². The van der Waals surface area contributed by atoms with Crippen LogP contribution in [0.15, 0.2) is 53.7 Å². The second kappa shape index (κ2) is 9.47. The van der Waals surface area contributed by atoms with E-state index in [1.165, 1.54) is 36.6 Å². The van der Waals surface area contributed by atoms with Crippen LogP contribution in [0.3, 0.4) is 0 Å². The van der Waals surface area contributed by atoms with Gasteiger partial charge in [-0.05, 0) is 56.0 Å². The van der Waals surface area contributed by atoms with Crippen LogP contribution in [-0.2, 0) is 4.79 Å². The van der Waals surface area contributed by atoms with Gasteiger partial charge in [0.05, 0.1) is 5.75 Å². The van der Waals surface area contributed by atoms with E-state index in [0.717, 1.165) is 40.8 Å². The van der Waals surface area contributed by atoms with Gasteiger partial charge in [0, 0.05) is 17.3 Å². The first-order valence-corrected chi connectivity index (χ1v) is 11.6. The van der Waals surface area contributed by atoms with Gasteiger partial charge in [0.1, 0.15) is 5.82 Å². The minimum absolute atomic E-state index is 0.0319.